The lowest BCUT2D eigenvalue weighted by molar-refractivity contribution is -0.119. The summed E-state index contributed by atoms with van der Waals surface area (Å²) in [6, 6.07) is 11.8. The van der Waals surface area contributed by atoms with Crippen LogP contribution in [0.2, 0.25) is 0 Å². The van der Waals surface area contributed by atoms with Gasteiger partial charge in [0.1, 0.15) is 11.9 Å². The molecule has 0 bridgehead atoms. The summed E-state index contributed by atoms with van der Waals surface area (Å²) in [5, 5.41) is 2.61. The second-order valence-electron chi connectivity index (χ2n) is 5.94. The standard InChI is InChI=1S/C19H17FN2O4/c1-12(23)21-10-17-11-22(19(25)26-17)16-8-4-14(5-9-16)18(24)13-2-6-15(20)7-3-13/h2-9,17H,10-11H2,1H3,(H,21,23). The van der Waals surface area contributed by atoms with Gasteiger partial charge < -0.3 is 10.1 Å². The summed E-state index contributed by atoms with van der Waals surface area (Å²) < 4.78 is 18.2. The van der Waals surface area contributed by atoms with Gasteiger partial charge in [0.2, 0.25) is 5.91 Å². The minimum absolute atomic E-state index is 0.192. The van der Waals surface area contributed by atoms with Gasteiger partial charge in [-0.2, -0.15) is 0 Å². The SMILES string of the molecule is CC(=O)NCC1CN(c2ccc(C(=O)c3ccc(F)cc3)cc2)C(=O)O1. The molecule has 0 spiro atoms. The average molecular weight is 356 g/mol. The second kappa shape index (κ2) is 7.35. The molecule has 1 aliphatic rings. The van der Waals surface area contributed by atoms with E-state index in [9.17, 15) is 18.8 Å². The van der Waals surface area contributed by atoms with Crippen LogP contribution in [-0.4, -0.2) is 37.0 Å². The van der Waals surface area contributed by atoms with Crippen LogP contribution < -0.4 is 10.2 Å². The summed E-state index contributed by atoms with van der Waals surface area (Å²) in [7, 11) is 0. The normalized spacial score (nSPS) is 16.3. The summed E-state index contributed by atoms with van der Waals surface area (Å²) in [5.74, 6) is -0.828. The molecule has 1 fully saturated rings. The first kappa shape index (κ1) is 17.6. The van der Waals surface area contributed by atoms with E-state index in [-0.39, 0.29) is 18.2 Å². The van der Waals surface area contributed by atoms with Crippen molar-refractivity contribution < 1.29 is 23.5 Å². The van der Waals surface area contributed by atoms with E-state index in [4.69, 9.17) is 4.74 Å². The van der Waals surface area contributed by atoms with Crippen LogP contribution in [0.1, 0.15) is 22.8 Å². The third kappa shape index (κ3) is 3.88. The molecule has 0 aliphatic carbocycles. The maximum atomic E-state index is 13.0. The Morgan fingerprint density at radius 2 is 1.69 bits per heavy atom. The summed E-state index contributed by atoms with van der Waals surface area (Å²) in [6.45, 7) is 1.95. The Hall–Kier alpha value is -3.22. The van der Waals surface area contributed by atoms with Crippen LogP contribution >= 0.6 is 0 Å². The lowest BCUT2D eigenvalue weighted by Crippen LogP contribution is -2.33. The number of carbonyl (C=O) groups excluding carboxylic acids is 3. The number of amides is 2. The first-order valence-electron chi connectivity index (χ1n) is 8.07. The van der Waals surface area contributed by atoms with Crippen LogP contribution in [0.3, 0.4) is 0 Å². The smallest absolute Gasteiger partial charge is 0.414 e. The van der Waals surface area contributed by atoms with Crippen LogP contribution in [0.4, 0.5) is 14.9 Å². The molecule has 1 atom stereocenters. The minimum atomic E-state index is -0.502. The Morgan fingerprint density at radius 1 is 1.12 bits per heavy atom. The lowest BCUT2D eigenvalue weighted by Gasteiger charge is -2.13. The van der Waals surface area contributed by atoms with E-state index in [1.165, 1.54) is 36.1 Å². The van der Waals surface area contributed by atoms with Gasteiger partial charge in [-0.1, -0.05) is 0 Å². The zero-order valence-corrected chi connectivity index (χ0v) is 14.1. The molecule has 0 saturated carbocycles. The number of carbonyl (C=O) groups is 3. The van der Waals surface area contributed by atoms with Crippen molar-refractivity contribution in [3.63, 3.8) is 0 Å². The summed E-state index contributed by atoms with van der Waals surface area (Å²) >= 11 is 0. The van der Waals surface area contributed by atoms with E-state index in [1.807, 2.05) is 0 Å². The van der Waals surface area contributed by atoms with Crippen molar-refractivity contribution in [3.8, 4) is 0 Å². The van der Waals surface area contributed by atoms with Crippen LogP contribution in [0.5, 0.6) is 0 Å². The van der Waals surface area contributed by atoms with Gasteiger partial charge in [-0.15, -0.1) is 0 Å². The van der Waals surface area contributed by atoms with Gasteiger partial charge in [0.25, 0.3) is 0 Å². The third-order valence-corrected chi connectivity index (χ3v) is 4.00. The largest absolute Gasteiger partial charge is 0.442 e. The highest BCUT2D eigenvalue weighted by Crippen LogP contribution is 2.23. The first-order valence-corrected chi connectivity index (χ1v) is 8.07. The molecule has 7 heteroatoms. The fraction of sp³-hybridized carbons (Fsp3) is 0.211. The molecule has 2 aromatic carbocycles. The van der Waals surface area contributed by atoms with Gasteiger partial charge in [0.05, 0.1) is 13.1 Å². The number of cyclic esters (lactones) is 1. The predicted octanol–water partition coefficient (Wildman–Crippen LogP) is 2.52. The number of nitrogens with zero attached hydrogens (tertiary/aromatic N) is 1. The van der Waals surface area contributed by atoms with Gasteiger partial charge in [-0.05, 0) is 48.5 Å². The predicted molar refractivity (Wildman–Crippen MR) is 92.6 cm³/mol. The minimum Gasteiger partial charge on any atom is -0.442 e. The molecule has 26 heavy (non-hydrogen) atoms. The fourth-order valence-electron chi connectivity index (χ4n) is 2.66. The molecule has 1 saturated heterocycles. The van der Waals surface area contributed by atoms with Crippen LogP contribution in [-0.2, 0) is 9.53 Å². The quantitative estimate of drug-likeness (QED) is 0.836. The Balaban J connectivity index is 1.69. The van der Waals surface area contributed by atoms with Crippen molar-refractivity contribution in [2.24, 2.45) is 0 Å². The number of halogens is 1. The molecule has 1 heterocycles. The van der Waals surface area contributed by atoms with Crippen LogP contribution in [0.25, 0.3) is 0 Å². The highest BCUT2D eigenvalue weighted by atomic mass is 19.1. The van der Waals surface area contributed by atoms with E-state index in [0.717, 1.165) is 0 Å². The average Bonchev–Trinajstić information content (AvgIpc) is 3.01. The number of anilines is 1. The van der Waals surface area contributed by atoms with E-state index >= 15 is 0 Å². The molecule has 0 radical (unpaired) electrons. The van der Waals surface area contributed by atoms with Crippen molar-refractivity contribution in [3.05, 3.63) is 65.5 Å². The first-order chi connectivity index (χ1) is 12.4. The zero-order valence-electron chi connectivity index (χ0n) is 14.1. The number of hydrogen-bond donors (Lipinski definition) is 1. The molecule has 1 unspecified atom stereocenters. The second-order valence-corrected chi connectivity index (χ2v) is 5.94. The van der Waals surface area contributed by atoms with Crippen LogP contribution in [0, 0.1) is 5.82 Å². The lowest BCUT2D eigenvalue weighted by atomic mass is 10.0. The number of benzene rings is 2. The van der Waals surface area contributed by atoms with Crippen molar-refractivity contribution in [1.82, 2.24) is 5.32 Å². The number of hydrogen-bond acceptors (Lipinski definition) is 4. The topological polar surface area (TPSA) is 75.7 Å². The number of nitrogens with one attached hydrogen (secondary N) is 1. The van der Waals surface area contributed by atoms with E-state index < -0.39 is 18.0 Å². The van der Waals surface area contributed by atoms with Gasteiger partial charge in [0.15, 0.2) is 5.78 Å². The maximum absolute atomic E-state index is 13.0. The van der Waals surface area contributed by atoms with Gasteiger partial charge in [0, 0.05) is 23.7 Å². The third-order valence-electron chi connectivity index (χ3n) is 4.00. The van der Waals surface area contributed by atoms with E-state index in [1.54, 1.807) is 24.3 Å². The fourth-order valence-corrected chi connectivity index (χ4v) is 2.66. The molecule has 6 nitrogen and oxygen atoms in total. The number of ketones is 1. The Morgan fingerprint density at radius 3 is 2.27 bits per heavy atom. The van der Waals surface area contributed by atoms with Crippen LogP contribution in [0.15, 0.2) is 48.5 Å². The van der Waals surface area contributed by atoms with E-state index in [2.05, 4.69) is 5.32 Å². The molecular weight excluding hydrogens is 339 g/mol. The number of ether oxygens (including phenoxy) is 1. The summed E-state index contributed by atoms with van der Waals surface area (Å²) in [5.41, 5.74) is 1.41. The monoisotopic (exact) mass is 356 g/mol. The highest BCUT2D eigenvalue weighted by molar-refractivity contribution is 6.09. The van der Waals surface area contributed by atoms with E-state index in [0.29, 0.717) is 23.4 Å². The summed E-state index contributed by atoms with van der Waals surface area (Å²) in [4.78, 5) is 36.8. The zero-order chi connectivity index (χ0) is 18.7. The Labute approximate surface area is 149 Å². The van der Waals surface area contributed by atoms with Gasteiger partial charge in [-0.25, -0.2) is 9.18 Å². The number of rotatable bonds is 5. The molecule has 1 aliphatic heterocycles. The molecule has 0 aromatic heterocycles. The molecule has 2 amide bonds. The molecule has 1 N–H and O–H groups in total. The molecule has 134 valence electrons. The highest BCUT2D eigenvalue weighted by Gasteiger charge is 2.32. The Kier molecular flexibility index (Phi) is 4.97. The Bertz CT molecular complexity index is 834. The molecular formula is C19H17FN2O4. The van der Waals surface area contributed by atoms with Crippen molar-refractivity contribution >= 4 is 23.5 Å². The van der Waals surface area contributed by atoms with Crippen molar-refractivity contribution in [1.29, 1.82) is 0 Å². The van der Waals surface area contributed by atoms with Crippen molar-refractivity contribution in [2.75, 3.05) is 18.0 Å². The molecule has 2 aromatic rings. The molecule has 3 rings (SSSR count). The maximum Gasteiger partial charge on any atom is 0.414 e. The van der Waals surface area contributed by atoms with Gasteiger partial charge >= 0.3 is 6.09 Å². The summed E-state index contributed by atoms with van der Waals surface area (Å²) in [6.07, 6.45) is -0.926. The van der Waals surface area contributed by atoms with Crippen molar-refractivity contribution in [2.45, 2.75) is 13.0 Å². The van der Waals surface area contributed by atoms with Gasteiger partial charge in [-0.3, -0.25) is 14.5 Å².